The molecule has 12 unspecified atom stereocenters. The molecule has 10 fully saturated rings. The van der Waals surface area contributed by atoms with Gasteiger partial charge >= 0.3 is 0 Å². The van der Waals surface area contributed by atoms with E-state index in [9.17, 15) is 0 Å². The van der Waals surface area contributed by atoms with Gasteiger partial charge in [-0.1, -0.05) is 0 Å². The van der Waals surface area contributed by atoms with E-state index in [1.807, 2.05) is 0 Å². The third-order valence-electron chi connectivity index (χ3n) is 17.1. The minimum absolute atomic E-state index is 0.0255. The first-order chi connectivity index (χ1) is 33.7. The van der Waals surface area contributed by atoms with Crippen molar-refractivity contribution in [3.63, 3.8) is 0 Å². The molecule has 0 radical (unpaired) electrons. The van der Waals surface area contributed by atoms with Crippen LogP contribution in [0, 0.1) is 0 Å². The summed E-state index contributed by atoms with van der Waals surface area (Å²) in [6.45, 7) is 10.3. The van der Waals surface area contributed by atoms with Crippen molar-refractivity contribution in [2.75, 3.05) is 65.4 Å². The van der Waals surface area contributed by atoms with E-state index in [0.717, 1.165) is 65.4 Å². The van der Waals surface area contributed by atoms with Crippen LogP contribution in [0.5, 0.6) is 0 Å². The number of hydrogen-bond donors (Lipinski definition) is 16. The molecule has 10 aliphatic rings. The summed E-state index contributed by atoms with van der Waals surface area (Å²) in [4.78, 5) is 11.0. The Kier molecular flexibility index (Phi) is 19.7. The van der Waals surface area contributed by atoms with Crippen LogP contribution in [0.15, 0.2) is 0 Å². The van der Waals surface area contributed by atoms with E-state index in [1.165, 1.54) is 154 Å². The van der Waals surface area contributed by atoms with Gasteiger partial charge in [-0.3, -0.25) is 42.5 Å². The fourth-order valence-electron chi connectivity index (χ4n) is 13.6. The molecule has 0 aliphatic carbocycles. The number of piperidine rings is 8. The Morgan fingerprint density at radius 2 is 0.441 bits per heavy atom. The van der Waals surface area contributed by atoms with E-state index in [1.54, 1.807) is 0 Å². The van der Waals surface area contributed by atoms with Crippen molar-refractivity contribution in [2.24, 2.45) is 0 Å². The summed E-state index contributed by atoms with van der Waals surface area (Å²) < 4.78 is 0. The van der Waals surface area contributed by atoms with Crippen LogP contribution in [0.1, 0.15) is 154 Å². The highest BCUT2D eigenvalue weighted by Crippen LogP contribution is 2.27. The number of nitrogens with one attached hydrogen (secondary N) is 16. The fourth-order valence-corrected chi connectivity index (χ4v) is 13.6. The first-order valence-electron chi connectivity index (χ1n) is 28.8. The average molecular weight is 955 g/mol. The Morgan fingerprint density at radius 1 is 0.250 bits per heavy atom. The maximum absolute atomic E-state index is 4.21. The van der Waals surface area contributed by atoms with E-state index >= 15 is 0 Å². The van der Waals surface area contributed by atoms with Crippen LogP contribution in [-0.4, -0.2) is 172 Å². The normalized spacial score (nSPS) is 40.8. The van der Waals surface area contributed by atoms with Crippen LogP contribution < -0.4 is 85.1 Å². The van der Waals surface area contributed by atoms with Gasteiger partial charge in [0.25, 0.3) is 0 Å². The lowest BCUT2D eigenvalue weighted by atomic mass is 10.0. The molecule has 0 aromatic rings. The molecule has 16 N–H and O–H groups in total. The Balaban J connectivity index is 0.874. The van der Waals surface area contributed by atoms with Crippen molar-refractivity contribution < 1.29 is 0 Å². The molecular weight excluding hydrogens is 857 g/mol. The Bertz CT molecular complexity index is 1130. The van der Waals surface area contributed by atoms with Crippen molar-refractivity contribution in [3.8, 4) is 0 Å². The SMILES string of the molecule is C1CCC(N(C2CCCCN2)C2NC(NCCNC3NC(N(C4CCCCN4)C4CCCCN4)NC(N(C4CCCCN4)C4CCCCN4)N3)NC(N(C3CCCCN3)C3CCCCN3)N2)NC1. The molecule has 10 aliphatic heterocycles. The topological polar surface area (TPSA) is 205 Å². The average Bonchev–Trinajstić information content (AvgIpc) is 3.40. The lowest BCUT2D eigenvalue weighted by Crippen LogP contribution is -2.83. The summed E-state index contributed by atoms with van der Waals surface area (Å²) >= 11 is 0. The van der Waals surface area contributed by atoms with Gasteiger partial charge in [0, 0.05) is 13.1 Å². The van der Waals surface area contributed by atoms with E-state index < -0.39 is 0 Å². The molecule has 0 spiro atoms. The van der Waals surface area contributed by atoms with Crippen molar-refractivity contribution in [2.45, 2.75) is 241 Å². The highest BCUT2D eigenvalue weighted by molar-refractivity contribution is 4.96. The zero-order valence-corrected chi connectivity index (χ0v) is 41.9. The maximum Gasteiger partial charge on any atom is 0.121 e. The third kappa shape index (κ3) is 13.3. The number of rotatable bonds is 17. The van der Waals surface area contributed by atoms with Gasteiger partial charge in [-0.2, -0.15) is 0 Å². The molecule has 390 valence electrons. The zero-order chi connectivity index (χ0) is 45.7. The van der Waals surface area contributed by atoms with Gasteiger partial charge in [-0.25, -0.2) is 19.6 Å². The molecule has 20 heteroatoms. The van der Waals surface area contributed by atoms with Gasteiger partial charge < -0.3 is 42.5 Å². The second-order valence-electron chi connectivity index (χ2n) is 21.9. The highest BCUT2D eigenvalue weighted by Gasteiger charge is 2.45. The molecule has 12 atom stereocenters. The molecule has 0 aromatic heterocycles. The largest absolute Gasteiger partial charge is 0.302 e. The smallest absolute Gasteiger partial charge is 0.121 e. The molecule has 68 heavy (non-hydrogen) atoms. The number of hydrogen-bond acceptors (Lipinski definition) is 20. The molecule has 0 bridgehead atoms. The van der Waals surface area contributed by atoms with Gasteiger partial charge in [-0.05, 0) is 206 Å². The third-order valence-corrected chi connectivity index (χ3v) is 17.1. The fraction of sp³-hybridized carbons (Fsp3) is 1.00. The number of nitrogens with zero attached hydrogens (tertiary/aromatic N) is 4. The summed E-state index contributed by atoms with van der Waals surface area (Å²) in [7, 11) is 0. The predicted molar refractivity (Wildman–Crippen MR) is 270 cm³/mol. The molecule has 10 heterocycles. The monoisotopic (exact) mass is 955 g/mol. The molecule has 20 nitrogen and oxygen atoms in total. The van der Waals surface area contributed by atoms with Crippen LogP contribution >= 0.6 is 0 Å². The van der Waals surface area contributed by atoms with Crippen LogP contribution in [0.3, 0.4) is 0 Å². The summed E-state index contributed by atoms with van der Waals surface area (Å²) in [5, 5.41) is 64.6. The van der Waals surface area contributed by atoms with Crippen molar-refractivity contribution in [3.05, 3.63) is 0 Å². The van der Waals surface area contributed by atoms with Gasteiger partial charge in [0.1, 0.15) is 37.7 Å². The Hall–Kier alpha value is -0.800. The van der Waals surface area contributed by atoms with Gasteiger partial charge in [-0.15, -0.1) is 0 Å². The second-order valence-corrected chi connectivity index (χ2v) is 21.9. The molecule has 0 amide bonds. The molecule has 10 rings (SSSR count). The highest BCUT2D eigenvalue weighted by atomic mass is 15.6. The summed E-state index contributed by atoms with van der Waals surface area (Å²) in [6, 6.07) is 0. The molecular formula is C48H98N20. The van der Waals surface area contributed by atoms with E-state index in [2.05, 4.69) is 105 Å². The Labute approximate surface area is 410 Å². The first-order valence-corrected chi connectivity index (χ1v) is 28.8. The van der Waals surface area contributed by atoms with Crippen molar-refractivity contribution >= 4 is 0 Å². The van der Waals surface area contributed by atoms with Crippen LogP contribution in [-0.2, 0) is 0 Å². The van der Waals surface area contributed by atoms with Crippen molar-refractivity contribution in [1.29, 1.82) is 0 Å². The van der Waals surface area contributed by atoms with E-state index in [0.29, 0.717) is 49.3 Å². The van der Waals surface area contributed by atoms with Crippen LogP contribution in [0.2, 0.25) is 0 Å². The van der Waals surface area contributed by atoms with Crippen molar-refractivity contribution in [1.82, 2.24) is 105 Å². The predicted octanol–water partition coefficient (Wildman–Crippen LogP) is -0.563. The first kappa shape index (κ1) is 50.7. The second kappa shape index (κ2) is 26.4. The summed E-state index contributed by atoms with van der Waals surface area (Å²) in [6.07, 6.45) is 31.8. The summed E-state index contributed by atoms with van der Waals surface area (Å²) in [5.74, 6) is 0. The van der Waals surface area contributed by atoms with E-state index in [-0.39, 0.29) is 37.7 Å². The van der Waals surface area contributed by atoms with Gasteiger partial charge in [0.05, 0.1) is 49.3 Å². The maximum atomic E-state index is 4.21. The lowest BCUT2D eigenvalue weighted by Gasteiger charge is -2.55. The minimum atomic E-state index is -0.0951. The van der Waals surface area contributed by atoms with Crippen LogP contribution in [0.25, 0.3) is 0 Å². The summed E-state index contributed by atoms with van der Waals surface area (Å²) in [5.41, 5.74) is 0. The van der Waals surface area contributed by atoms with Gasteiger partial charge in [0.15, 0.2) is 0 Å². The molecule has 0 aromatic carbocycles. The van der Waals surface area contributed by atoms with Gasteiger partial charge in [0.2, 0.25) is 0 Å². The quantitative estimate of drug-likeness (QED) is 0.0826. The van der Waals surface area contributed by atoms with Crippen LogP contribution in [0.4, 0.5) is 0 Å². The minimum Gasteiger partial charge on any atom is -0.302 e. The lowest BCUT2D eigenvalue weighted by molar-refractivity contribution is -0.0967. The standard InChI is InChI=1S/C48H98N20/c1-9-25-49-35(17-1)65(36-18-2-10-26-50-36)45-59-43(60-46(63-45)66(37-19-3-11-27-51-37)38-20-4-12-28-52-38)57-33-34-58-44-61-47(67(39-21-5-13-29-53-39)40-22-6-14-30-54-40)64-48(62-44)68(41-23-7-15-31-55-41)42-24-8-16-32-56-42/h35-64H,1-34H2. The van der Waals surface area contributed by atoms with E-state index in [4.69, 9.17) is 0 Å². The Morgan fingerprint density at radius 3 is 0.603 bits per heavy atom. The molecule has 0 saturated carbocycles. The molecule has 10 saturated heterocycles. The zero-order valence-electron chi connectivity index (χ0n) is 41.9.